The number of halogens is 7. The lowest BCUT2D eigenvalue weighted by molar-refractivity contribution is -0.201. The van der Waals surface area contributed by atoms with E-state index >= 15 is 0 Å². The molecule has 41 heavy (non-hydrogen) atoms. The third kappa shape index (κ3) is 6.87. The molecule has 2 aromatic carbocycles. The van der Waals surface area contributed by atoms with Gasteiger partial charge in [-0.3, -0.25) is 4.79 Å². The number of rotatable bonds is 8. The van der Waals surface area contributed by atoms with Crippen LogP contribution in [0, 0.1) is 3.57 Å². The van der Waals surface area contributed by atoms with Crippen LogP contribution in [0.3, 0.4) is 0 Å². The smallest absolute Gasteiger partial charge is 0.433 e. The Balaban J connectivity index is 1.73. The van der Waals surface area contributed by atoms with Gasteiger partial charge in [-0.2, -0.15) is 36.4 Å². The third-order valence-electron chi connectivity index (χ3n) is 5.71. The van der Waals surface area contributed by atoms with Crippen LogP contribution in [0.4, 0.5) is 32.3 Å². The lowest BCUT2D eigenvalue weighted by Gasteiger charge is -2.23. The second-order valence-electron chi connectivity index (χ2n) is 8.64. The number of benzene rings is 2. The molecule has 0 aliphatic rings. The van der Waals surface area contributed by atoms with Gasteiger partial charge < -0.3 is 21.3 Å². The molecule has 5 N–H and O–H groups in total. The van der Waals surface area contributed by atoms with Crippen LogP contribution in [0.5, 0.6) is 5.88 Å². The molecule has 2 atom stereocenters. The number of carboxylic acid groups (broad SMARTS) is 1. The number of hydrogen-bond acceptors (Lipinski definition) is 7. The molecule has 0 fully saturated rings. The normalized spacial score (nSPS) is 13.6. The first-order valence-electron chi connectivity index (χ1n) is 11.5. The standard InChI is InChI=1S/C25H19F6IN6O3/c26-24(27,28)20-14(11-35-38(20)18-4-2-1-3-15(18)32)21(25(29,30)31)41-19-10-17(36-23(34)37-19)13-7-5-12(6-8-13)9-16(33)22(39)40/h1-8,10-11,16,21H,9,33H2,(H,39,40)(H2,34,36,37)/t16-,21?/m0/s1. The van der Waals surface area contributed by atoms with Crippen molar-refractivity contribution in [3.05, 3.63) is 81.2 Å². The lowest BCUT2D eigenvalue weighted by Crippen LogP contribution is -2.32. The number of nitrogens with two attached hydrogens (primary N) is 2. The van der Waals surface area contributed by atoms with Crippen molar-refractivity contribution < 1.29 is 41.0 Å². The summed E-state index contributed by atoms with van der Waals surface area (Å²) in [6.45, 7) is 0. The number of carbonyl (C=O) groups is 1. The molecule has 2 heterocycles. The summed E-state index contributed by atoms with van der Waals surface area (Å²) >= 11 is 1.75. The molecule has 0 aliphatic heterocycles. The minimum absolute atomic E-state index is 0.00749. The van der Waals surface area contributed by atoms with Gasteiger partial charge in [-0.25, -0.2) is 9.67 Å². The van der Waals surface area contributed by atoms with Crippen LogP contribution in [0.2, 0.25) is 0 Å². The van der Waals surface area contributed by atoms with Crippen molar-refractivity contribution in [1.29, 1.82) is 0 Å². The number of nitrogen functional groups attached to an aromatic ring is 1. The maximum absolute atomic E-state index is 14.2. The van der Waals surface area contributed by atoms with E-state index in [1.165, 1.54) is 42.5 Å². The molecule has 0 saturated carbocycles. The number of aromatic nitrogens is 4. The number of para-hydroxylation sites is 1. The predicted octanol–water partition coefficient (Wildman–Crippen LogP) is 5.17. The van der Waals surface area contributed by atoms with Gasteiger partial charge in [0.2, 0.25) is 17.9 Å². The van der Waals surface area contributed by atoms with Crippen molar-refractivity contribution in [2.75, 3.05) is 5.73 Å². The van der Waals surface area contributed by atoms with Gasteiger partial charge >= 0.3 is 18.3 Å². The first kappa shape index (κ1) is 30.0. The molecule has 0 amide bonds. The fraction of sp³-hybridized carbons (Fsp3) is 0.200. The zero-order valence-electron chi connectivity index (χ0n) is 20.5. The summed E-state index contributed by atoms with van der Waals surface area (Å²) in [4.78, 5) is 18.6. The molecule has 0 radical (unpaired) electrons. The fourth-order valence-corrected chi connectivity index (χ4v) is 4.49. The first-order chi connectivity index (χ1) is 19.1. The van der Waals surface area contributed by atoms with Crippen LogP contribution in [-0.2, 0) is 17.4 Å². The molecule has 0 aliphatic carbocycles. The zero-order chi connectivity index (χ0) is 30.1. The van der Waals surface area contributed by atoms with E-state index in [9.17, 15) is 31.1 Å². The van der Waals surface area contributed by atoms with Crippen LogP contribution < -0.4 is 16.2 Å². The quantitative estimate of drug-likeness (QED) is 0.170. The Bertz CT molecular complexity index is 1560. The molecule has 216 valence electrons. The summed E-state index contributed by atoms with van der Waals surface area (Å²) in [5, 5.41) is 12.6. The largest absolute Gasteiger partial charge is 0.480 e. The number of hydrogen-bond donors (Lipinski definition) is 3. The van der Waals surface area contributed by atoms with Crippen LogP contribution in [0.1, 0.15) is 22.9 Å². The van der Waals surface area contributed by atoms with E-state index in [0.29, 0.717) is 25.6 Å². The number of alkyl halides is 6. The summed E-state index contributed by atoms with van der Waals surface area (Å²) < 4.78 is 90.9. The van der Waals surface area contributed by atoms with Crippen molar-refractivity contribution >= 4 is 34.5 Å². The topological polar surface area (TPSA) is 142 Å². The van der Waals surface area contributed by atoms with Gasteiger partial charge in [0.1, 0.15) is 6.04 Å². The molecule has 4 aromatic rings. The second-order valence-corrected chi connectivity index (χ2v) is 9.81. The monoisotopic (exact) mass is 692 g/mol. The fourth-order valence-electron chi connectivity index (χ4n) is 3.87. The van der Waals surface area contributed by atoms with Gasteiger partial charge in [-0.05, 0) is 46.7 Å². The van der Waals surface area contributed by atoms with E-state index in [1.54, 1.807) is 28.7 Å². The van der Waals surface area contributed by atoms with E-state index in [-0.39, 0.29) is 17.8 Å². The van der Waals surface area contributed by atoms with Crippen molar-refractivity contribution in [3.8, 4) is 22.8 Å². The molecule has 2 aromatic heterocycles. The number of anilines is 1. The Labute approximate surface area is 241 Å². The minimum atomic E-state index is -5.32. The Kier molecular flexibility index (Phi) is 8.44. The Morgan fingerprint density at radius 2 is 1.71 bits per heavy atom. The van der Waals surface area contributed by atoms with Crippen molar-refractivity contribution in [3.63, 3.8) is 0 Å². The predicted molar refractivity (Wildman–Crippen MR) is 142 cm³/mol. The number of aliphatic carboxylic acids is 1. The van der Waals surface area contributed by atoms with Gasteiger partial charge in [0, 0.05) is 15.2 Å². The van der Waals surface area contributed by atoms with E-state index < -0.39 is 53.6 Å². The Hall–Kier alpha value is -3.93. The minimum Gasteiger partial charge on any atom is -0.480 e. The summed E-state index contributed by atoms with van der Waals surface area (Å²) in [7, 11) is 0. The van der Waals surface area contributed by atoms with Crippen LogP contribution in [0.15, 0.2) is 60.8 Å². The zero-order valence-corrected chi connectivity index (χ0v) is 22.6. The maximum Gasteiger partial charge on any atom is 0.433 e. The Morgan fingerprint density at radius 1 is 1.05 bits per heavy atom. The molecule has 4 rings (SSSR count). The summed E-state index contributed by atoms with van der Waals surface area (Å²) in [5.41, 5.74) is 9.09. The van der Waals surface area contributed by atoms with E-state index in [0.717, 1.165) is 6.07 Å². The van der Waals surface area contributed by atoms with E-state index in [4.69, 9.17) is 21.3 Å². The summed E-state index contributed by atoms with van der Waals surface area (Å²) in [6.07, 6.45) is -13.2. The van der Waals surface area contributed by atoms with E-state index in [2.05, 4.69) is 15.1 Å². The molecular formula is C25H19F6IN6O3. The molecule has 0 saturated heterocycles. The number of carboxylic acids is 1. The maximum atomic E-state index is 14.2. The molecule has 1 unspecified atom stereocenters. The van der Waals surface area contributed by atoms with Crippen LogP contribution >= 0.6 is 22.6 Å². The average molecular weight is 692 g/mol. The van der Waals surface area contributed by atoms with Crippen LogP contribution in [0.25, 0.3) is 16.9 Å². The second kappa shape index (κ2) is 11.5. The van der Waals surface area contributed by atoms with E-state index in [1.807, 2.05) is 0 Å². The summed E-state index contributed by atoms with van der Waals surface area (Å²) in [6, 6.07) is 11.6. The molecule has 0 spiro atoms. The van der Waals surface area contributed by atoms with Gasteiger partial charge in [-0.15, -0.1) is 0 Å². The van der Waals surface area contributed by atoms with Gasteiger partial charge in [0.15, 0.2) is 5.69 Å². The van der Waals surface area contributed by atoms with Crippen molar-refractivity contribution in [1.82, 2.24) is 19.7 Å². The highest BCUT2D eigenvalue weighted by atomic mass is 127. The first-order valence-corrected chi connectivity index (χ1v) is 12.6. The number of ether oxygens (including phenoxy) is 1. The SMILES string of the molecule is Nc1nc(OC(c2cnn(-c3ccccc3I)c2C(F)(F)F)C(F)(F)F)cc(-c2ccc(C[C@H](N)C(=O)O)cc2)n1. The Morgan fingerprint density at radius 3 is 2.29 bits per heavy atom. The highest BCUT2D eigenvalue weighted by Crippen LogP contribution is 2.44. The van der Waals surface area contributed by atoms with Gasteiger partial charge in [-0.1, -0.05) is 36.4 Å². The molecule has 0 bridgehead atoms. The van der Waals surface area contributed by atoms with Gasteiger partial charge in [0.05, 0.1) is 23.1 Å². The molecule has 16 heteroatoms. The third-order valence-corrected chi connectivity index (χ3v) is 6.62. The average Bonchev–Trinajstić information content (AvgIpc) is 3.32. The van der Waals surface area contributed by atoms with Gasteiger partial charge in [0.25, 0.3) is 0 Å². The number of nitrogens with zero attached hydrogens (tertiary/aromatic N) is 4. The van der Waals surface area contributed by atoms with Crippen molar-refractivity contribution in [2.24, 2.45) is 5.73 Å². The molecular weight excluding hydrogens is 673 g/mol. The van der Waals surface area contributed by atoms with Crippen molar-refractivity contribution in [2.45, 2.75) is 30.9 Å². The highest BCUT2D eigenvalue weighted by Gasteiger charge is 2.50. The summed E-state index contributed by atoms with van der Waals surface area (Å²) in [5.74, 6) is -2.43. The lowest BCUT2D eigenvalue weighted by atomic mass is 10.0. The molecule has 9 nitrogen and oxygen atoms in total. The highest BCUT2D eigenvalue weighted by molar-refractivity contribution is 14.1. The van der Waals surface area contributed by atoms with Crippen LogP contribution in [-0.4, -0.2) is 43.0 Å².